The van der Waals surface area contributed by atoms with Crippen LogP contribution in [0.5, 0.6) is 5.75 Å². The Kier molecular flexibility index (Phi) is 5.98. The molecule has 0 unspecified atom stereocenters. The van der Waals surface area contributed by atoms with E-state index < -0.39 is 12.6 Å². The van der Waals surface area contributed by atoms with Gasteiger partial charge in [-0.1, -0.05) is 12.5 Å². The summed E-state index contributed by atoms with van der Waals surface area (Å²) in [7, 11) is 1.69. The first-order valence-electron chi connectivity index (χ1n) is 7.76. The molecule has 0 radical (unpaired) electrons. The first-order valence-corrected chi connectivity index (χ1v) is 7.76. The van der Waals surface area contributed by atoms with Gasteiger partial charge in [-0.25, -0.2) is 4.79 Å². The van der Waals surface area contributed by atoms with E-state index in [4.69, 9.17) is 14.6 Å². The van der Waals surface area contributed by atoms with Crippen LogP contribution in [0.2, 0.25) is 0 Å². The molecule has 2 rings (SSSR count). The van der Waals surface area contributed by atoms with Crippen molar-refractivity contribution in [1.29, 1.82) is 0 Å². The van der Waals surface area contributed by atoms with Gasteiger partial charge in [-0.3, -0.25) is 4.79 Å². The van der Waals surface area contributed by atoms with Crippen molar-refractivity contribution in [1.82, 2.24) is 5.32 Å². The van der Waals surface area contributed by atoms with Crippen molar-refractivity contribution in [2.45, 2.75) is 25.7 Å². The summed E-state index contributed by atoms with van der Waals surface area (Å²) in [6, 6.07) is 6.55. The number of aliphatic carboxylic acids is 1. The Bertz CT molecular complexity index is 554. The first kappa shape index (κ1) is 17.3. The third kappa shape index (κ3) is 4.96. The highest BCUT2D eigenvalue weighted by molar-refractivity contribution is 5.94. The second kappa shape index (κ2) is 7.97. The molecule has 2 N–H and O–H groups in total. The van der Waals surface area contributed by atoms with E-state index in [1.165, 1.54) is 6.42 Å². The smallest absolute Gasteiger partial charge is 0.341 e. The Labute approximate surface area is 135 Å². The zero-order valence-electron chi connectivity index (χ0n) is 13.3. The highest BCUT2D eigenvalue weighted by Crippen LogP contribution is 2.43. The summed E-state index contributed by atoms with van der Waals surface area (Å²) in [4.78, 5) is 22.8. The van der Waals surface area contributed by atoms with Crippen molar-refractivity contribution in [3.05, 3.63) is 29.8 Å². The molecule has 6 heteroatoms. The second-order valence-corrected chi connectivity index (χ2v) is 5.99. The van der Waals surface area contributed by atoms with Crippen molar-refractivity contribution < 1.29 is 24.2 Å². The lowest BCUT2D eigenvalue weighted by atomic mass is 9.66. The molecule has 6 nitrogen and oxygen atoms in total. The molecule has 1 aromatic rings. The lowest BCUT2D eigenvalue weighted by Crippen LogP contribution is -2.42. The van der Waals surface area contributed by atoms with Gasteiger partial charge in [-0.2, -0.15) is 0 Å². The molecular weight excluding hydrogens is 298 g/mol. The summed E-state index contributed by atoms with van der Waals surface area (Å²) in [6.45, 7) is 0.912. The maximum Gasteiger partial charge on any atom is 0.341 e. The van der Waals surface area contributed by atoms with Gasteiger partial charge in [0.25, 0.3) is 5.91 Å². The Morgan fingerprint density at radius 2 is 2.13 bits per heavy atom. The van der Waals surface area contributed by atoms with E-state index >= 15 is 0 Å². The minimum Gasteiger partial charge on any atom is -0.482 e. The van der Waals surface area contributed by atoms with Gasteiger partial charge in [0.2, 0.25) is 0 Å². The van der Waals surface area contributed by atoms with Gasteiger partial charge in [0, 0.05) is 25.8 Å². The van der Waals surface area contributed by atoms with Crippen LogP contribution in [0.4, 0.5) is 0 Å². The number of rotatable bonds is 9. The molecule has 23 heavy (non-hydrogen) atoms. The van der Waals surface area contributed by atoms with Gasteiger partial charge in [-0.05, 0) is 42.9 Å². The summed E-state index contributed by atoms with van der Waals surface area (Å²) in [5, 5.41) is 11.6. The predicted molar refractivity (Wildman–Crippen MR) is 84.7 cm³/mol. The summed E-state index contributed by atoms with van der Waals surface area (Å²) < 4.78 is 10.2. The largest absolute Gasteiger partial charge is 0.482 e. The minimum atomic E-state index is -1.05. The fraction of sp³-hybridized carbons (Fsp3) is 0.529. The van der Waals surface area contributed by atoms with Crippen LogP contribution in [0.3, 0.4) is 0 Å². The standard InChI is InChI=1S/C17H23NO5/c1-22-9-8-17(6-3-7-17)12-18-16(21)13-4-2-5-14(10-13)23-11-15(19)20/h2,4-5,10H,3,6-9,11-12H2,1H3,(H,18,21)(H,19,20). The lowest BCUT2D eigenvalue weighted by Gasteiger charge is -2.42. The number of carbonyl (C=O) groups excluding carboxylic acids is 1. The van der Waals surface area contributed by atoms with Gasteiger partial charge in [0.05, 0.1) is 0 Å². The first-order chi connectivity index (χ1) is 11.0. The molecule has 1 saturated carbocycles. The molecule has 0 aliphatic heterocycles. The van der Waals surface area contributed by atoms with Crippen LogP contribution in [-0.4, -0.2) is 43.9 Å². The zero-order chi connectivity index (χ0) is 16.7. The molecular formula is C17H23NO5. The Hall–Kier alpha value is -2.08. The summed E-state index contributed by atoms with van der Waals surface area (Å²) in [5.74, 6) is -0.850. The van der Waals surface area contributed by atoms with Crippen molar-refractivity contribution in [3.63, 3.8) is 0 Å². The van der Waals surface area contributed by atoms with E-state index in [0.29, 0.717) is 24.5 Å². The molecule has 0 heterocycles. The van der Waals surface area contributed by atoms with E-state index in [0.717, 1.165) is 19.3 Å². The van der Waals surface area contributed by atoms with E-state index in [2.05, 4.69) is 5.32 Å². The molecule has 126 valence electrons. The number of amides is 1. The van der Waals surface area contributed by atoms with Gasteiger partial charge >= 0.3 is 5.97 Å². The molecule has 0 spiro atoms. The highest BCUT2D eigenvalue weighted by Gasteiger charge is 2.36. The molecule has 1 aromatic carbocycles. The second-order valence-electron chi connectivity index (χ2n) is 5.99. The third-order valence-electron chi connectivity index (χ3n) is 4.33. The number of carboxylic acid groups (broad SMARTS) is 1. The number of hydrogen-bond acceptors (Lipinski definition) is 4. The van der Waals surface area contributed by atoms with Crippen LogP contribution >= 0.6 is 0 Å². The van der Waals surface area contributed by atoms with Gasteiger partial charge in [0.1, 0.15) is 5.75 Å². The van der Waals surface area contributed by atoms with Crippen molar-refractivity contribution in [3.8, 4) is 5.75 Å². The molecule has 1 fully saturated rings. The minimum absolute atomic E-state index is 0.156. The van der Waals surface area contributed by atoms with E-state index in [9.17, 15) is 9.59 Å². The molecule has 0 atom stereocenters. The fourth-order valence-corrected chi connectivity index (χ4v) is 2.75. The Balaban J connectivity index is 1.90. The van der Waals surface area contributed by atoms with Crippen molar-refractivity contribution >= 4 is 11.9 Å². The van der Waals surface area contributed by atoms with E-state index in [1.807, 2.05) is 0 Å². The number of nitrogens with one attached hydrogen (secondary N) is 1. The molecule has 0 bridgehead atoms. The Morgan fingerprint density at radius 3 is 2.74 bits per heavy atom. The maximum atomic E-state index is 12.3. The molecule has 1 aliphatic rings. The summed E-state index contributed by atoms with van der Waals surface area (Å²) in [6.07, 6.45) is 4.36. The van der Waals surface area contributed by atoms with Crippen LogP contribution in [0.25, 0.3) is 0 Å². The molecule has 1 amide bonds. The third-order valence-corrected chi connectivity index (χ3v) is 4.33. The average molecular weight is 321 g/mol. The van der Waals surface area contributed by atoms with Crippen LogP contribution < -0.4 is 10.1 Å². The monoisotopic (exact) mass is 321 g/mol. The summed E-state index contributed by atoms with van der Waals surface area (Å²) in [5.41, 5.74) is 0.623. The molecule has 1 aliphatic carbocycles. The number of methoxy groups -OCH3 is 1. The van der Waals surface area contributed by atoms with Crippen LogP contribution in [0, 0.1) is 5.41 Å². The normalized spacial score (nSPS) is 15.5. The van der Waals surface area contributed by atoms with Gasteiger partial charge < -0.3 is 19.9 Å². The topological polar surface area (TPSA) is 84.9 Å². The van der Waals surface area contributed by atoms with Gasteiger partial charge in [-0.15, -0.1) is 0 Å². The quantitative estimate of drug-likeness (QED) is 0.727. The number of benzene rings is 1. The lowest BCUT2D eigenvalue weighted by molar-refractivity contribution is -0.139. The number of carboxylic acids is 1. The van der Waals surface area contributed by atoms with Crippen LogP contribution in [0.15, 0.2) is 24.3 Å². The van der Waals surface area contributed by atoms with Crippen LogP contribution in [-0.2, 0) is 9.53 Å². The zero-order valence-corrected chi connectivity index (χ0v) is 13.3. The van der Waals surface area contributed by atoms with E-state index in [-0.39, 0.29) is 11.3 Å². The number of hydrogen-bond donors (Lipinski definition) is 2. The highest BCUT2D eigenvalue weighted by atomic mass is 16.5. The van der Waals surface area contributed by atoms with Crippen LogP contribution in [0.1, 0.15) is 36.0 Å². The molecule has 0 aromatic heterocycles. The maximum absolute atomic E-state index is 12.3. The predicted octanol–water partition coefficient (Wildman–Crippen LogP) is 2.09. The van der Waals surface area contributed by atoms with E-state index in [1.54, 1.807) is 31.4 Å². The van der Waals surface area contributed by atoms with Crippen molar-refractivity contribution in [2.75, 3.05) is 26.9 Å². The number of carbonyl (C=O) groups is 2. The van der Waals surface area contributed by atoms with Gasteiger partial charge in [0.15, 0.2) is 6.61 Å². The average Bonchev–Trinajstić information content (AvgIpc) is 2.51. The molecule has 0 saturated heterocycles. The van der Waals surface area contributed by atoms with Crippen molar-refractivity contribution in [2.24, 2.45) is 5.41 Å². The number of ether oxygens (including phenoxy) is 2. The SMILES string of the molecule is COCCC1(CNC(=O)c2cccc(OCC(=O)O)c2)CCC1. The summed E-state index contributed by atoms with van der Waals surface area (Å²) >= 11 is 0. The fourth-order valence-electron chi connectivity index (χ4n) is 2.75. The Morgan fingerprint density at radius 1 is 1.35 bits per heavy atom.